The molecule has 2 heterocycles. The topological polar surface area (TPSA) is 87.7 Å². The maximum absolute atomic E-state index is 12.7. The Morgan fingerprint density at radius 1 is 0.917 bits per heavy atom. The molecule has 0 spiro atoms. The fourth-order valence-electron chi connectivity index (χ4n) is 4.73. The number of carbonyl (C=O) groups is 1. The minimum Gasteiger partial charge on any atom is -0.381 e. The third kappa shape index (κ3) is 6.02. The van der Waals surface area contributed by atoms with Crippen molar-refractivity contribution in [2.24, 2.45) is 0 Å². The number of fused-ring (bicyclic) bond motifs is 1. The highest BCUT2D eigenvalue weighted by molar-refractivity contribution is 7.89. The molecule has 3 aromatic carbocycles. The number of benzene rings is 3. The normalized spacial score (nSPS) is 16.9. The van der Waals surface area contributed by atoms with Crippen molar-refractivity contribution < 1.29 is 17.9 Å². The summed E-state index contributed by atoms with van der Waals surface area (Å²) in [6.45, 7) is 3.93. The first kappa shape index (κ1) is 24.6. The molecule has 188 valence electrons. The van der Waals surface area contributed by atoms with Crippen LogP contribution in [0.4, 0.5) is 5.69 Å². The van der Waals surface area contributed by atoms with E-state index in [9.17, 15) is 13.2 Å². The van der Waals surface area contributed by atoms with Crippen LogP contribution < -0.4 is 10.0 Å². The van der Waals surface area contributed by atoms with E-state index in [2.05, 4.69) is 39.2 Å². The molecule has 1 saturated heterocycles. The van der Waals surface area contributed by atoms with Gasteiger partial charge in [0.05, 0.1) is 4.90 Å². The zero-order chi connectivity index (χ0) is 25.0. The molecule has 2 aliphatic rings. The molecule has 8 heteroatoms. The molecule has 5 rings (SSSR count). The van der Waals surface area contributed by atoms with E-state index >= 15 is 0 Å². The fraction of sp³-hybridized carbons (Fsp3) is 0.321. The van der Waals surface area contributed by atoms with Crippen LogP contribution in [-0.4, -0.2) is 45.0 Å². The Bertz CT molecular complexity index is 1300. The lowest BCUT2D eigenvalue weighted by Gasteiger charge is -2.28. The maximum atomic E-state index is 12.7. The highest BCUT2D eigenvalue weighted by Crippen LogP contribution is 2.21. The van der Waals surface area contributed by atoms with Crippen LogP contribution in [-0.2, 0) is 34.3 Å². The van der Waals surface area contributed by atoms with Crippen LogP contribution >= 0.6 is 0 Å². The summed E-state index contributed by atoms with van der Waals surface area (Å²) in [5, 5.41) is 2.85. The summed E-state index contributed by atoms with van der Waals surface area (Å²) in [4.78, 5) is 15.3. The first-order valence-corrected chi connectivity index (χ1v) is 13.8. The second-order valence-electron chi connectivity index (χ2n) is 9.41. The van der Waals surface area contributed by atoms with Gasteiger partial charge in [0.25, 0.3) is 5.91 Å². The van der Waals surface area contributed by atoms with Crippen molar-refractivity contribution in [2.75, 3.05) is 25.1 Å². The van der Waals surface area contributed by atoms with Gasteiger partial charge in [-0.2, -0.15) is 0 Å². The van der Waals surface area contributed by atoms with Crippen molar-refractivity contribution in [3.05, 3.63) is 95.1 Å². The summed E-state index contributed by atoms with van der Waals surface area (Å²) in [6, 6.07) is 22.4. The second kappa shape index (κ2) is 10.9. The van der Waals surface area contributed by atoms with Crippen molar-refractivity contribution in [2.45, 2.75) is 43.3 Å². The Balaban J connectivity index is 1.16. The molecule has 0 aromatic heterocycles. The van der Waals surface area contributed by atoms with Crippen LogP contribution in [0.1, 0.15) is 39.9 Å². The Labute approximate surface area is 212 Å². The molecular formula is C28H31N3O4S. The molecule has 0 radical (unpaired) electrons. The number of anilines is 1. The number of sulfonamides is 1. The van der Waals surface area contributed by atoms with Gasteiger partial charge in [-0.05, 0) is 72.4 Å². The van der Waals surface area contributed by atoms with E-state index < -0.39 is 10.0 Å². The number of nitrogens with one attached hydrogen (secondary N) is 2. The molecule has 0 unspecified atom stereocenters. The van der Waals surface area contributed by atoms with Gasteiger partial charge in [0, 0.05) is 50.1 Å². The third-order valence-electron chi connectivity index (χ3n) is 6.80. The lowest BCUT2D eigenvalue weighted by molar-refractivity contribution is 0.0832. The van der Waals surface area contributed by atoms with Crippen molar-refractivity contribution in [1.29, 1.82) is 0 Å². The van der Waals surface area contributed by atoms with Crippen LogP contribution in [0.5, 0.6) is 0 Å². The predicted molar refractivity (Wildman–Crippen MR) is 139 cm³/mol. The van der Waals surface area contributed by atoms with Crippen LogP contribution in [0.3, 0.4) is 0 Å². The third-order valence-corrected chi connectivity index (χ3v) is 8.33. The molecule has 1 fully saturated rings. The molecule has 0 atom stereocenters. The standard InChI is InChI=1S/C28H31N3O4S/c32-28(29-25-9-11-27(12-10-25)36(33,34)30-26-14-17-35-18-15-26)23-7-5-21(6-8-23)19-31-16-13-22-3-1-2-4-24(22)20-31/h1-12,26,30H,13-20H2,(H,29,32). The number of rotatable bonds is 7. The van der Waals surface area contributed by atoms with Gasteiger partial charge in [0.1, 0.15) is 0 Å². The first-order chi connectivity index (χ1) is 17.5. The highest BCUT2D eigenvalue weighted by Gasteiger charge is 2.22. The molecule has 7 nitrogen and oxygen atoms in total. The largest absolute Gasteiger partial charge is 0.381 e. The lowest BCUT2D eigenvalue weighted by Crippen LogP contribution is -2.38. The molecule has 0 bridgehead atoms. The Kier molecular flexibility index (Phi) is 7.48. The summed E-state index contributed by atoms with van der Waals surface area (Å²) < 4.78 is 33.3. The van der Waals surface area contributed by atoms with E-state index in [0.717, 1.165) is 31.6 Å². The van der Waals surface area contributed by atoms with E-state index in [0.29, 0.717) is 37.3 Å². The predicted octanol–water partition coefficient (Wildman–Crippen LogP) is 3.95. The monoisotopic (exact) mass is 505 g/mol. The van der Waals surface area contributed by atoms with E-state index in [4.69, 9.17) is 4.74 Å². The molecule has 0 aliphatic carbocycles. The minimum absolute atomic E-state index is 0.114. The maximum Gasteiger partial charge on any atom is 0.255 e. The average Bonchev–Trinajstić information content (AvgIpc) is 2.90. The summed E-state index contributed by atoms with van der Waals surface area (Å²) in [5.74, 6) is -0.232. The van der Waals surface area contributed by atoms with Gasteiger partial charge in [-0.25, -0.2) is 13.1 Å². The second-order valence-corrected chi connectivity index (χ2v) is 11.1. The van der Waals surface area contributed by atoms with Crippen molar-refractivity contribution in [3.8, 4) is 0 Å². The van der Waals surface area contributed by atoms with Crippen molar-refractivity contribution in [3.63, 3.8) is 0 Å². The summed E-state index contributed by atoms with van der Waals surface area (Å²) >= 11 is 0. The zero-order valence-electron chi connectivity index (χ0n) is 20.2. The van der Waals surface area contributed by atoms with E-state index in [1.807, 2.05) is 24.3 Å². The van der Waals surface area contributed by atoms with Gasteiger partial charge in [0.15, 0.2) is 0 Å². The van der Waals surface area contributed by atoms with Gasteiger partial charge in [0.2, 0.25) is 10.0 Å². The van der Waals surface area contributed by atoms with Gasteiger partial charge in [-0.15, -0.1) is 0 Å². The summed E-state index contributed by atoms with van der Waals surface area (Å²) in [7, 11) is -3.61. The van der Waals surface area contributed by atoms with Gasteiger partial charge < -0.3 is 10.1 Å². The van der Waals surface area contributed by atoms with Gasteiger partial charge >= 0.3 is 0 Å². The summed E-state index contributed by atoms with van der Waals surface area (Å²) in [5.41, 5.74) is 5.08. The number of nitrogens with zero attached hydrogens (tertiary/aromatic N) is 1. The fourth-order valence-corrected chi connectivity index (χ4v) is 6.04. The molecule has 0 saturated carbocycles. The van der Waals surface area contributed by atoms with Crippen LogP contribution in [0.25, 0.3) is 0 Å². The molecule has 36 heavy (non-hydrogen) atoms. The number of ether oxygens (including phenoxy) is 1. The number of carbonyl (C=O) groups excluding carboxylic acids is 1. The Hall–Kier alpha value is -3.04. The number of amides is 1. The first-order valence-electron chi connectivity index (χ1n) is 12.4. The van der Waals surface area contributed by atoms with E-state index in [1.54, 1.807) is 12.1 Å². The summed E-state index contributed by atoms with van der Waals surface area (Å²) in [6.07, 6.45) is 2.39. The van der Waals surface area contributed by atoms with Crippen LogP contribution in [0.2, 0.25) is 0 Å². The minimum atomic E-state index is -3.61. The van der Waals surface area contributed by atoms with Crippen LogP contribution in [0.15, 0.2) is 77.7 Å². The molecule has 2 aliphatic heterocycles. The van der Waals surface area contributed by atoms with Gasteiger partial charge in [-0.1, -0.05) is 36.4 Å². The van der Waals surface area contributed by atoms with E-state index in [-0.39, 0.29) is 16.8 Å². The number of hydrogen-bond acceptors (Lipinski definition) is 5. The smallest absolute Gasteiger partial charge is 0.255 e. The van der Waals surface area contributed by atoms with Crippen molar-refractivity contribution >= 4 is 21.6 Å². The molecule has 2 N–H and O–H groups in total. The average molecular weight is 506 g/mol. The quantitative estimate of drug-likeness (QED) is 0.508. The lowest BCUT2D eigenvalue weighted by atomic mass is 9.99. The Morgan fingerprint density at radius 3 is 2.33 bits per heavy atom. The zero-order valence-corrected chi connectivity index (χ0v) is 21.0. The highest BCUT2D eigenvalue weighted by atomic mass is 32.2. The molecular weight excluding hydrogens is 474 g/mol. The van der Waals surface area contributed by atoms with Crippen LogP contribution in [0, 0.1) is 0 Å². The SMILES string of the molecule is O=C(Nc1ccc(S(=O)(=O)NC2CCOCC2)cc1)c1ccc(CN2CCc3ccccc3C2)cc1. The van der Waals surface area contributed by atoms with E-state index in [1.165, 1.54) is 23.3 Å². The molecule has 1 amide bonds. The molecule has 3 aromatic rings. The Morgan fingerprint density at radius 2 is 1.61 bits per heavy atom. The van der Waals surface area contributed by atoms with Gasteiger partial charge in [-0.3, -0.25) is 9.69 Å². The number of hydrogen-bond donors (Lipinski definition) is 2. The van der Waals surface area contributed by atoms with Crippen molar-refractivity contribution in [1.82, 2.24) is 9.62 Å².